The van der Waals surface area contributed by atoms with Gasteiger partial charge in [-0.1, -0.05) is 6.07 Å². The van der Waals surface area contributed by atoms with Gasteiger partial charge in [0.1, 0.15) is 5.75 Å². The van der Waals surface area contributed by atoms with Crippen molar-refractivity contribution >= 4 is 17.5 Å². The van der Waals surface area contributed by atoms with Gasteiger partial charge in [0.25, 0.3) is 0 Å². The molecule has 4 heteroatoms. The minimum atomic E-state index is 0.0763. The fraction of sp³-hybridized carbons (Fsp3) is 0.562. The molecule has 1 saturated heterocycles. The average Bonchev–Trinajstić information content (AvgIpc) is 2.84. The van der Waals surface area contributed by atoms with E-state index in [0.717, 1.165) is 22.4 Å². The quantitative estimate of drug-likeness (QED) is 0.593. The first kappa shape index (κ1) is 15.4. The molecular formula is C16H23NO2S. The molecule has 1 aliphatic rings. The van der Waals surface area contributed by atoms with Gasteiger partial charge in [0.05, 0.1) is 7.11 Å². The molecule has 0 aliphatic carbocycles. The predicted octanol–water partition coefficient (Wildman–Crippen LogP) is 3.47. The van der Waals surface area contributed by atoms with Crippen LogP contribution in [0.5, 0.6) is 5.75 Å². The molecule has 0 spiro atoms. The molecule has 20 heavy (non-hydrogen) atoms. The molecule has 2 rings (SSSR count). The van der Waals surface area contributed by atoms with Gasteiger partial charge in [-0.05, 0) is 57.7 Å². The number of methoxy groups -OCH3 is 1. The second-order valence-corrected chi connectivity index (χ2v) is 6.47. The summed E-state index contributed by atoms with van der Waals surface area (Å²) in [4.78, 5) is 15.0. The van der Waals surface area contributed by atoms with Crippen molar-refractivity contribution < 1.29 is 9.53 Å². The molecule has 1 heterocycles. The number of thioether (sulfide) groups is 1. The summed E-state index contributed by atoms with van der Waals surface area (Å²) in [5.74, 6) is 1.97. The number of benzene rings is 1. The van der Waals surface area contributed by atoms with Crippen LogP contribution in [0, 0.1) is 0 Å². The van der Waals surface area contributed by atoms with Crippen LogP contribution in [-0.2, 0) is 0 Å². The third-order valence-electron chi connectivity index (χ3n) is 3.95. The van der Waals surface area contributed by atoms with E-state index in [0.29, 0.717) is 5.56 Å². The number of ether oxygens (including phenoxy) is 1. The topological polar surface area (TPSA) is 29.5 Å². The van der Waals surface area contributed by atoms with E-state index in [1.54, 1.807) is 14.0 Å². The van der Waals surface area contributed by atoms with Crippen molar-refractivity contribution in [2.45, 2.75) is 37.1 Å². The SMILES string of the molecule is COc1cc(C(C)=O)ccc1SCCC1CCCN1C. The van der Waals surface area contributed by atoms with E-state index in [2.05, 4.69) is 11.9 Å². The summed E-state index contributed by atoms with van der Waals surface area (Å²) in [5, 5.41) is 0. The molecule has 0 amide bonds. The fourth-order valence-corrected chi connectivity index (χ4v) is 3.71. The molecule has 0 saturated carbocycles. The van der Waals surface area contributed by atoms with Crippen LogP contribution in [0.2, 0.25) is 0 Å². The minimum absolute atomic E-state index is 0.0763. The molecule has 0 bridgehead atoms. The molecule has 0 N–H and O–H groups in total. The lowest BCUT2D eigenvalue weighted by Gasteiger charge is -2.19. The third kappa shape index (κ3) is 3.76. The van der Waals surface area contributed by atoms with E-state index in [9.17, 15) is 4.79 Å². The lowest BCUT2D eigenvalue weighted by atomic mass is 10.1. The highest BCUT2D eigenvalue weighted by molar-refractivity contribution is 7.99. The van der Waals surface area contributed by atoms with Gasteiger partial charge in [-0.2, -0.15) is 0 Å². The second-order valence-electron chi connectivity index (χ2n) is 5.34. The Bertz CT molecular complexity index is 476. The van der Waals surface area contributed by atoms with Gasteiger partial charge in [0, 0.05) is 16.5 Å². The first-order valence-corrected chi connectivity index (χ1v) is 8.12. The molecule has 1 aromatic rings. The smallest absolute Gasteiger partial charge is 0.159 e. The van der Waals surface area contributed by atoms with Crippen LogP contribution < -0.4 is 4.74 Å². The van der Waals surface area contributed by atoms with Crippen LogP contribution in [0.3, 0.4) is 0 Å². The van der Waals surface area contributed by atoms with E-state index in [1.807, 2.05) is 30.0 Å². The van der Waals surface area contributed by atoms with E-state index in [-0.39, 0.29) is 5.78 Å². The van der Waals surface area contributed by atoms with Crippen LogP contribution in [0.4, 0.5) is 0 Å². The summed E-state index contributed by atoms with van der Waals surface area (Å²) in [6, 6.07) is 6.45. The predicted molar refractivity (Wildman–Crippen MR) is 84.0 cm³/mol. The Hall–Kier alpha value is -1.00. The molecule has 1 unspecified atom stereocenters. The Kier molecular flexibility index (Phi) is 5.49. The molecule has 1 atom stereocenters. The number of ketones is 1. The Balaban J connectivity index is 1.93. The Labute approximate surface area is 125 Å². The fourth-order valence-electron chi connectivity index (χ4n) is 2.65. The van der Waals surface area contributed by atoms with Crippen molar-refractivity contribution in [2.75, 3.05) is 26.5 Å². The van der Waals surface area contributed by atoms with Crippen LogP contribution in [0.1, 0.15) is 36.5 Å². The zero-order valence-corrected chi connectivity index (χ0v) is 13.3. The van der Waals surface area contributed by atoms with Gasteiger partial charge in [0.2, 0.25) is 0 Å². The summed E-state index contributed by atoms with van der Waals surface area (Å²) in [5.41, 5.74) is 0.710. The van der Waals surface area contributed by atoms with Gasteiger partial charge in [-0.15, -0.1) is 11.8 Å². The highest BCUT2D eigenvalue weighted by Gasteiger charge is 2.20. The summed E-state index contributed by atoms with van der Waals surface area (Å²) in [6.07, 6.45) is 3.85. The highest BCUT2D eigenvalue weighted by Crippen LogP contribution is 2.32. The van der Waals surface area contributed by atoms with E-state index in [4.69, 9.17) is 4.74 Å². The largest absolute Gasteiger partial charge is 0.496 e. The van der Waals surface area contributed by atoms with Crippen molar-refractivity contribution in [1.29, 1.82) is 0 Å². The average molecular weight is 293 g/mol. The van der Waals surface area contributed by atoms with E-state index < -0.39 is 0 Å². The molecule has 110 valence electrons. The zero-order valence-electron chi connectivity index (χ0n) is 12.5. The number of hydrogen-bond acceptors (Lipinski definition) is 4. The van der Waals surface area contributed by atoms with Gasteiger partial charge in [-0.3, -0.25) is 4.79 Å². The van der Waals surface area contributed by atoms with Crippen molar-refractivity contribution in [3.05, 3.63) is 23.8 Å². The van der Waals surface area contributed by atoms with Crippen LogP contribution in [0.25, 0.3) is 0 Å². The van der Waals surface area contributed by atoms with Gasteiger partial charge < -0.3 is 9.64 Å². The van der Waals surface area contributed by atoms with Crippen LogP contribution >= 0.6 is 11.8 Å². The van der Waals surface area contributed by atoms with E-state index >= 15 is 0 Å². The second kappa shape index (κ2) is 7.14. The Morgan fingerprint density at radius 1 is 1.50 bits per heavy atom. The summed E-state index contributed by atoms with van der Waals surface area (Å²) >= 11 is 1.82. The standard InChI is InChI=1S/C16H23NO2S/c1-12(18)13-6-7-16(15(11-13)19-3)20-10-8-14-5-4-9-17(14)2/h6-7,11,14H,4-5,8-10H2,1-3H3. The number of carbonyl (C=O) groups excluding carboxylic acids is 1. The number of Topliss-reactive ketones (excluding diaryl/α,β-unsaturated/α-hetero) is 1. The minimum Gasteiger partial charge on any atom is -0.496 e. The maximum Gasteiger partial charge on any atom is 0.159 e. The third-order valence-corrected chi connectivity index (χ3v) is 5.04. The Morgan fingerprint density at radius 2 is 2.30 bits per heavy atom. The normalized spacial score (nSPS) is 19.2. The first-order valence-electron chi connectivity index (χ1n) is 7.14. The van der Waals surface area contributed by atoms with Gasteiger partial charge in [0.15, 0.2) is 5.78 Å². The number of likely N-dealkylation sites (tertiary alicyclic amines) is 1. The molecule has 1 aliphatic heterocycles. The Morgan fingerprint density at radius 3 is 2.90 bits per heavy atom. The lowest BCUT2D eigenvalue weighted by molar-refractivity contribution is 0.101. The highest BCUT2D eigenvalue weighted by atomic mass is 32.2. The number of carbonyl (C=O) groups is 1. The lowest BCUT2D eigenvalue weighted by Crippen LogP contribution is -2.25. The first-order chi connectivity index (χ1) is 9.61. The number of nitrogens with zero attached hydrogens (tertiary/aromatic N) is 1. The number of hydrogen-bond donors (Lipinski definition) is 0. The van der Waals surface area contributed by atoms with Crippen molar-refractivity contribution in [2.24, 2.45) is 0 Å². The van der Waals surface area contributed by atoms with Crippen LogP contribution in [0.15, 0.2) is 23.1 Å². The molecular weight excluding hydrogens is 270 g/mol. The van der Waals surface area contributed by atoms with E-state index in [1.165, 1.54) is 25.8 Å². The summed E-state index contributed by atoms with van der Waals surface area (Å²) in [6.45, 7) is 2.81. The molecule has 0 radical (unpaired) electrons. The van der Waals surface area contributed by atoms with Gasteiger partial charge >= 0.3 is 0 Å². The number of rotatable bonds is 6. The van der Waals surface area contributed by atoms with Crippen molar-refractivity contribution in [3.8, 4) is 5.75 Å². The zero-order chi connectivity index (χ0) is 14.5. The molecule has 0 aromatic heterocycles. The molecule has 3 nitrogen and oxygen atoms in total. The summed E-state index contributed by atoms with van der Waals surface area (Å²) < 4.78 is 5.40. The maximum atomic E-state index is 11.4. The van der Waals surface area contributed by atoms with Gasteiger partial charge in [-0.25, -0.2) is 0 Å². The van der Waals surface area contributed by atoms with Crippen molar-refractivity contribution in [3.63, 3.8) is 0 Å². The van der Waals surface area contributed by atoms with Crippen molar-refractivity contribution in [1.82, 2.24) is 4.90 Å². The molecule has 1 aromatic carbocycles. The monoisotopic (exact) mass is 293 g/mol. The molecule has 1 fully saturated rings. The maximum absolute atomic E-state index is 11.4. The van der Waals surface area contributed by atoms with Crippen LogP contribution in [-0.4, -0.2) is 43.2 Å². The summed E-state index contributed by atoms with van der Waals surface area (Å²) in [7, 11) is 3.87.